The van der Waals surface area contributed by atoms with Crippen molar-refractivity contribution in [2.24, 2.45) is 0 Å². The molecular formula is C13H13ClN2O3. The Bertz CT molecular complexity index is 549. The van der Waals surface area contributed by atoms with E-state index in [-0.39, 0.29) is 18.8 Å². The van der Waals surface area contributed by atoms with E-state index in [4.69, 9.17) is 16.7 Å². The Morgan fingerprint density at radius 1 is 1.32 bits per heavy atom. The Balaban J connectivity index is 2.18. The van der Waals surface area contributed by atoms with Gasteiger partial charge in [0.05, 0.1) is 13.2 Å². The molecule has 1 heterocycles. The number of benzene rings is 1. The minimum absolute atomic E-state index is 0.00603. The molecule has 19 heavy (non-hydrogen) atoms. The molecule has 0 spiro atoms. The Morgan fingerprint density at radius 2 is 2.05 bits per heavy atom. The van der Waals surface area contributed by atoms with Gasteiger partial charge in [0.25, 0.3) is 11.8 Å². The predicted octanol–water partition coefficient (Wildman–Crippen LogP) is 1.31. The van der Waals surface area contributed by atoms with Crippen molar-refractivity contribution < 1.29 is 14.7 Å². The van der Waals surface area contributed by atoms with E-state index in [0.717, 1.165) is 10.5 Å². The number of carbonyl (C=O) groups excluding carboxylic acids is 2. The molecule has 0 bridgehead atoms. The van der Waals surface area contributed by atoms with E-state index in [2.05, 4.69) is 5.32 Å². The van der Waals surface area contributed by atoms with Gasteiger partial charge in [0.2, 0.25) is 0 Å². The summed E-state index contributed by atoms with van der Waals surface area (Å²) >= 11 is 5.92. The summed E-state index contributed by atoms with van der Waals surface area (Å²) < 4.78 is 0. The average Bonchev–Trinajstić information content (AvgIpc) is 2.56. The number of carbonyl (C=O) groups is 2. The first-order valence-electron chi connectivity index (χ1n) is 5.74. The largest absolute Gasteiger partial charge is 0.395 e. The predicted molar refractivity (Wildman–Crippen MR) is 71.7 cm³/mol. The summed E-state index contributed by atoms with van der Waals surface area (Å²) in [5, 5.41) is 12.2. The van der Waals surface area contributed by atoms with Crippen molar-refractivity contribution >= 4 is 29.1 Å². The lowest BCUT2D eigenvalue weighted by molar-refractivity contribution is -0.137. The van der Waals surface area contributed by atoms with E-state index in [1.807, 2.05) is 13.0 Å². The van der Waals surface area contributed by atoms with Gasteiger partial charge in [-0.2, -0.15) is 0 Å². The van der Waals surface area contributed by atoms with Crippen LogP contribution in [0.3, 0.4) is 0 Å². The number of aryl methyl sites for hydroxylation is 1. The maximum absolute atomic E-state index is 11.9. The van der Waals surface area contributed by atoms with Crippen molar-refractivity contribution in [3.63, 3.8) is 0 Å². The zero-order valence-corrected chi connectivity index (χ0v) is 11.1. The smallest absolute Gasteiger partial charge is 0.277 e. The van der Waals surface area contributed by atoms with Crippen molar-refractivity contribution in [3.05, 3.63) is 40.6 Å². The quantitative estimate of drug-likeness (QED) is 0.816. The summed E-state index contributed by atoms with van der Waals surface area (Å²) in [5.74, 6) is -0.878. The Labute approximate surface area is 115 Å². The number of rotatable bonds is 4. The highest BCUT2D eigenvalue weighted by atomic mass is 35.5. The Morgan fingerprint density at radius 3 is 2.68 bits per heavy atom. The monoisotopic (exact) mass is 280 g/mol. The molecule has 2 rings (SSSR count). The summed E-state index contributed by atoms with van der Waals surface area (Å²) in [6.07, 6.45) is 1.22. The summed E-state index contributed by atoms with van der Waals surface area (Å²) in [5.41, 5.74) is 1.77. The summed E-state index contributed by atoms with van der Waals surface area (Å²) in [7, 11) is 0. The second kappa shape index (κ2) is 5.42. The highest BCUT2D eigenvalue weighted by Gasteiger charge is 2.30. The molecule has 0 saturated heterocycles. The molecule has 1 aliphatic rings. The molecule has 0 radical (unpaired) electrons. The summed E-state index contributed by atoms with van der Waals surface area (Å²) in [4.78, 5) is 24.5. The minimum atomic E-state index is -0.448. The molecule has 1 aromatic rings. The first-order chi connectivity index (χ1) is 9.01. The SMILES string of the molecule is Cc1cc(Cl)cc(NC2=CC(=O)N(CCO)C2=O)c1. The molecule has 0 fully saturated rings. The van der Waals surface area contributed by atoms with Crippen LogP contribution in [-0.2, 0) is 9.59 Å². The van der Waals surface area contributed by atoms with E-state index in [1.165, 1.54) is 6.08 Å². The van der Waals surface area contributed by atoms with Crippen LogP contribution in [0.1, 0.15) is 5.56 Å². The normalized spacial score (nSPS) is 14.9. The van der Waals surface area contributed by atoms with Crippen LogP contribution in [0.4, 0.5) is 5.69 Å². The number of aliphatic hydroxyl groups excluding tert-OH is 1. The summed E-state index contributed by atoms with van der Waals surface area (Å²) in [6, 6.07) is 5.28. The number of amides is 2. The molecule has 0 saturated carbocycles. The Kier molecular flexibility index (Phi) is 3.87. The van der Waals surface area contributed by atoms with Gasteiger partial charge in [-0.05, 0) is 30.7 Å². The fraction of sp³-hybridized carbons (Fsp3) is 0.231. The first kappa shape index (κ1) is 13.6. The van der Waals surface area contributed by atoms with Crippen LogP contribution in [-0.4, -0.2) is 35.0 Å². The van der Waals surface area contributed by atoms with E-state index in [0.29, 0.717) is 10.7 Å². The number of nitrogens with one attached hydrogen (secondary N) is 1. The molecule has 2 amide bonds. The number of imide groups is 1. The maximum atomic E-state index is 11.9. The van der Waals surface area contributed by atoms with Gasteiger partial charge < -0.3 is 10.4 Å². The molecule has 0 unspecified atom stereocenters. The number of halogens is 1. The van der Waals surface area contributed by atoms with Gasteiger partial charge in [-0.25, -0.2) is 0 Å². The molecule has 1 aromatic carbocycles. The third-order valence-electron chi connectivity index (χ3n) is 2.65. The number of hydrogen-bond donors (Lipinski definition) is 2. The van der Waals surface area contributed by atoms with E-state index >= 15 is 0 Å². The van der Waals surface area contributed by atoms with Crippen molar-refractivity contribution in [1.29, 1.82) is 0 Å². The third kappa shape index (κ3) is 2.94. The minimum Gasteiger partial charge on any atom is -0.395 e. The van der Waals surface area contributed by atoms with Crippen molar-refractivity contribution in [3.8, 4) is 0 Å². The lowest BCUT2D eigenvalue weighted by Gasteiger charge is -2.13. The number of β-amino-alcohol motifs (C(OH)–C–C–N with tert-alkyl or cyclic N) is 1. The summed E-state index contributed by atoms with van der Waals surface area (Å²) in [6.45, 7) is 1.62. The molecule has 1 aliphatic heterocycles. The van der Waals surface area contributed by atoms with Crippen molar-refractivity contribution in [2.75, 3.05) is 18.5 Å². The molecule has 0 aliphatic carbocycles. The van der Waals surface area contributed by atoms with E-state index in [9.17, 15) is 9.59 Å². The molecule has 6 heteroatoms. The van der Waals surface area contributed by atoms with E-state index in [1.54, 1.807) is 12.1 Å². The van der Waals surface area contributed by atoms with Gasteiger partial charge in [0.1, 0.15) is 5.70 Å². The van der Waals surface area contributed by atoms with Gasteiger partial charge >= 0.3 is 0 Å². The average molecular weight is 281 g/mol. The first-order valence-corrected chi connectivity index (χ1v) is 6.11. The lowest BCUT2D eigenvalue weighted by atomic mass is 10.2. The number of hydrogen-bond acceptors (Lipinski definition) is 4. The van der Waals surface area contributed by atoms with Gasteiger partial charge in [0.15, 0.2) is 0 Å². The van der Waals surface area contributed by atoms with Crippen LogP contribution in [0.15, 0.2) is 30.0 Å². The second-order valence-corrected chi connectivity index (χ2v) is 4.66. The highest BCUT2D eigenvalue weighted by Crippen LogP contribution is 2.22. The molecule has 100 valence electrons. The molecule has 5 nitrogen and oxygen atoms in total. The number of anilines is 1. The third-order valence-corrected chi connectivity index (χ3v) is 2.87. The maximum Gasteiger partial charge on any atom is 0.277 e. The molecule has 2 N–H and O–H groups in total. The van der Waals surface area contributed by atoms with Gasteiger partial charge in [-0.1, -0.05) is 11.6 Å². The Hall–Kier alpha value is -1.85. The fourth-order valence-electron chi connectivity index (χ4n) is 1.87. The van der Waals surface area contributed by atoms with Gasteiger partial charge in [-0.15, -0.1) is 0 Å². The number of aliphatic hydroxyl groups is 1. The second-order valence-electron chi connectivity index (χ2n) is 4.22. The topological polar surface area (TPSA) is 69.6 Å². The zero-order chi connectivity index (χ0) is 14.0. The van der Waals surface area contributed by atoms with Crippen molar-refractivity contribution in [1.82, 2.24) is 4.90 Å². The van der Waals surface area contributed by atoms with Crippen molar-refractivity contribution in [2.45, 2.75) is 6.92 Å². The fourth-order valence-corrected chi connectivity index (χ4v) is 2.16. The molecule has 0 aromatic heterocycles. The van der Waals surface area contributed by atoms with Crippen LogP contribution in [0, 0.1) is 6.92 Å². The lowest BCUT2D eigenvalue weighted by Crippen LogP contribution is -2.34. The molecule has 0 atom stereocenters. The standard InChI is InChI=1S/C13H13ClN2O3/c1-8-4-9(14)6-10(5-8)15-11-7-12(18)16(2-3-17)13(11)19/h4-7,15,17H,2-3H2,1H3. The van der Waals surface area contributed by atoms with Gasteiger partial charge in [-0.3, -0.25) is 14.5 Å². The highest BCUT2D eigenvalue weighted by molar-refractivity contribution is 6.31. The molecular weight excluding hydrogens is 268 g/mol. The van der Waals surface area contributed by atoms with Gasteiger partial charge in [0, 0.05) is 16.8 Å². The van der Waals surface area contributed by atoms with Crippen LogP contribution in [0.5, 0.6) is 0 Å². The van der Waals surface area contributed by atoms with Crippen LogP contribution < -0.4 is 5.32 Å². The van der Waals surface area contributed by atoms with Crippen LogP contribution in [0.25, 0.3) is 0 Å². The zero-order valence-electron chi connectivity index (χ0n) is 10.3. The van der Waals surface area contributed by atoms with E-state index < -0.39 is 11.8 Å². The van der Waals surface area contributed by atoms with Crippen LogP contribution >= 0.6 is 11.6 Å². The number of nitrogens with zero attached hydrogens (tertiary/aromatic N) is 1. The van der Waals surface area contributed by atoms with Crippen LogP contribution in [0.2, 0.25) is 5.02 Å².